The second-order valence-corrected chi connectivity index (χ2v) is 5.30. The Labute approximate surface area is 118 Å². The second kappa shape index (κ2) is 6.53. The summed E-state index contributed by atoms with van der Waals surface area (Å²) in [5.41, 5.74) is 2.31. The second-order valence-electron chi connectivity index (χ2n) is 4.43. The van der Waals surface area contributed by atoms with Gasteiger partial charge in [-0.15, -0.1) is 11.8 Å². The summed E-state index contributed by atoms with van der Waals surface area (Å²) >= 11 is 1.74. The molecule has 1 atom stereocenters. The molecule has 0 radical (unpaired) electrons. The van der Waals surface area contributed by atoms with Crippen LogP contribution >= 0.6 is 11.8 Å². The van der Waals surface area contributed by atoms with E-state index in [2.05, 4.69) is 42.8 Å². The molecule has 0 aliphatic heterocycles. The first kappa shape index (κ1) is 13.8. The van der Waals surface area contributed by atoms with Crippen LogP contribution in [0.2, 0.25) is 0 Å². The maximum atomic E-state index is 9.34. The van der Waals surface area contributed by atoms with Gasteiger partial charge in [0.15, 0.2) is 0 Å². The first-order valence-corrected chi connectivity index (χ1v) is 7.65. The molecule has 0 heterocycles. The minimum absolute atomic E-state index is 0.265. The molecule has 2 nitrogen and oxygen atoms in total. The third kappa shape index (κ3) is 3.67. The smallest absolute Gasteiger partial charge is 0.115 e. The molecule has 0 aliphatic rings. The van der Waals surface area contributed by atoms with E-state index >= 15 is 0 Å². The van der Waals surface area contributed by atoms with Crippen molar-refractivity contribution in [3.63, 3.8) is 0 Å². The van der Waals surface area contributed by atoms with Gasteiger partial charge in [0, 0.05) is 10.6 Å². The Morgan fingerprint density at radius 3 is 2.21 bits per heavy atom. The van der Waals surface area contributed by atoms with Crippen molar-refractivity contribution in [3.8, 4) is 5.75 Å². The molecular weight excluding hydrogens is 254 g/mol. The van der Waals surface area contributed by atoms with E-state index in [9.17, 15) is 5.11 Å². The molecule has 100 valence electrons. The van der Waals surface area contributed by atoms with E-state index in [1.807, 2.05) is 12.1 Å². The Balaban J connectivity index is 2.11. The van der Waals surface area contributed by atoms with Crippen LogP contribution < -0.4 is 5.32 Å². The topological polar surface area (TPSA) is 32.3 Å². The van der Waals surface area contributed by atoms with Gasteiger partial charge in [-0.25, -0.2) is 0 Å². The van der Waals surface area contributed by atoms with Gasteiger partial charge in [-0.2, -0.15) is 0 Å². The first-order chi connectivity index (χ1) is 9.22. The standard InChI is InChI=1S/C16H19NOS/c1-3-16(12-4-8-14(18)9-5-12)17-13-6-10-15(19-2)11-7-13/h4-11,16-18H,3H2,1-2H3. The summed E-state index contributed by atoms with van der Waals surface area (Å²) in [4.78, 5) is 1.27. The molecular formula is C16H19NOS. The number of hydrogen-bond acceptors (Lipinski definition) is 3. The summed E-state index contributed by atoms with van der Waals surface area (Å²) in [6.45, 7) is 2.15. The zero-order valence-electron chi connectivity index (χ0n) is 11.3. The molecule has 2 aromatic rings. The number of rotatable bonds is 5. The predicted molar refractivity (Wildman–Crippen MR) is 83.0 cm³/mol. The highest BCUT2D eigenvalue weighted by Gasteiger charge is 2.08. The van der Waals surface area contributed by atoms with Crippen molar-refractivity contribution in [1.29, 1.82) is 0 Å². The van der Waals surface area contributed by atoms with Crippen LogP contribution in [0.3, 0.4) is 0 Å². The van der Waals surface area contributed by atoms with E-state index < -0.39 is 0 Å². The largest absolute Gasteiger partial charge is 0.508 e. The van der Waals surface area contributed by atoms with Crippen LogP contribution in [0, 0.1) is 0 Å². The van der Waals surface area contributed by atoms with Gasteiger partial charge in [0.05, 0.1) is 6.04 Å². The molecule has 0 spiro atoms. The van der Waals surface area contributed by atoms with Crippen molar-refractivity contribution < 1.29 is 5.11 Å². The fraction of sp³-hybridized carbons (Fsp3) is 0.250. The molecule has 3 heteroatoms. The molecule has 1 unspecified atom stereocenters. The molecule has 2 rings (SSSR count). The average molecular weight is 273 g/mol. The zero-order valence-corrected chi connectivity index (χ0v) is 12.1. The summed E-state index contributed by atoms with van der Waals surface area (Å²) in [7, 11) is 0. The maximum Gasteiger partial charge on any atom is 0.115 e. The van der Waals surface area contributed by atoms with E-state index in [-0.39, 0.29) is 6.04 Å². The lowest BCUT2D eigenvalue weighted by Gasteiger charge is -2.19. The van der Waals surface area contributed by atoms with Gasteiger partial charge in [0.1, 0.15) is 5.75 Å². The molecule has 2 aromatic carbocycles. The number of aromatic hydroxyl groups is 1. The Morgan fingerprint density at radius 1 is 1.05 bits per heavy atom. The zero-order chi connectivity index (χ0) is 13.7. The van der Waals surface area contributed by atoms with Crippen LogP contribution in [-0.4, -0.2) is 11.4 Å². The monoisotopic (exact) mass is 273 g/mol. The quantitative estimate of drug-likeness (QED) is 0.776. The van der Waals surface area contributed by atoms with Crippen molar-refractivity contribution in [2.75, 3.05) is 11.6 Å². The average Bonchev–Trinajstić information content (AvgIpc) is 2.46. The predicted octanol–water partition coefficient (Wildman–Crippen LogP) is 4.68. The van der Waals surface area contributed by atoms with E-state index in [0.29, 0.717) is 5.75 Å². The number of phenolic OH excluding ortho intramolecular Hbond substituents is 1. The van der Waals surface area contributed by atoms with Gasteiger partial charge >= 0.3 is 0 Å². The Morgan fingerprint density at radius 2 is 1.68 bits per heavy atom. The van der Waals surface area contributed by atoms with Gasteiger partial charge in [-0.1, -0.05) is 19.1 Å². The minimum Gasteiger partial charge on any atom is -0.508 e. The normalized spacial score (nSPS) is 12.1. The van der Waals surface area contributed by atoms with E-state index in [0.717, 1.165) is 12.1 Å². The highest BCUT2D eigenvalue weighted by molar-refractivity contribution is 7.98. The summed E-state index contributed by atoms with van der Waals surface area (Å²) in [6, 6.07) is 16.1. The van der Waals surface area contributed by atoms with E-state index in [1.165, 1.54) is 10.5 Å². The third-order valence-electron chi connectivity index (χ3n) is 3.13. The van der Waals surface area contributed by atoms with Crippen LogP contribution in [-0.2, 0) is 0 Å². The van der Waals surface area contributed by atoms with Crippen molar-refractivity contribution in [2.45, 2.75) is 24.3 Å². The van der Waals surface area contributed by atoms with Crippen LogP contribution in [0.5, 0.6) is 5.75 Å². The minimum atomic E-state index is 0.265. The molecule has 2 N–H and O–H groups in total. The van der Waals surface area contributed by atoms with Gasteiger partial charge in [-0.3, -0.25) is 0 Å². The van der Waals surface area contributed by atoms with E-state index in [4.69, 9.17) is 0 Å². The molecule has 0 saturated heterocycles. The summed E-state index contributed by atoms with van der Waals surface area (Å²) < 4.78 is 0. The van der Waals surface area contributed by atoms with Crippen molar-refractivity contribution in [1.82, 2.24) is 0 Å². The van der Waals surface area contributed by atoms with Crippen LogP contribution in [0.15, 0.2) is 53.4 Å². The summed E-state index contributed by atoms with van der Waals surface area (Å²) in [5, 5.41) is 12.9. The van der Waals surface area contributed by atoms with Gasteiger partial charge in [0.2, 0.25) is 0 Å². The summed E-state index contributed by atoms with van der Waals surface area (Å²) in [6.07, 6.45) is 3.07. The lowest BCUT2D eigenvalue weighted by Crippen LogP contribution is -2.09. The molecule has 0 saturated carbocycles. The van der Waals surface area contributed by atoms with Crippen LogP contribution in [0.1, 0.15) is 24.9 Å². The third-order valence-corrected chi connectivity index (χ3v) is 3.88. The lowest BCUT2D eigenvalue weighted by atomic mass is 10.0. The molecule has 19 heavy (non-hydrogen) atoms. The number of benzene rings is 2. The van der Waals surface area contributed by atoms with Crippen LogP contribution in [0.25, 0.3) is 0 Å². The van der Waals surface area contributed by atoms with Crippen molar-refractivity contribution in [2.24, 2.45) is 0 Å². The Hall–Kier alpha value is -1.61. The highest BCUT2D eigenvalue weighted by atomic mass is 32.2. The molecule has 0 aromatic heterocycles. The maximum absolute atomic E-state index is 9.34. The van der Waals surface area contributed by atoms with Crippen LogP contribution in [0.4, 0.5) is 5.69 Å². The number of thioether (sulfide) groups is 1. The van der Waals surface area contributed by atoms with Crippen molar-refractivity contribution in [3.05, 3.63) is 54.1 Å². The summed E-state index contributed by atoms with van der Waals surface area (Å²) in [5.74, 6) is 0.308. The number of nitrogens with one attached hydrogen (secondary N) is 1. The van der Waals surface area contributed by atoms with Gasteiger partial charge < -0.3 is 10.4 Å². The fourth-order valence-corrected chi connectivity index (χ4v) is 2.42. The van der Waals surface area contributed by atoms with Gasteiger partial charge in [-0.05, 0) is 54.6 Å². The van der Waals surface area contributed by atoms with Gasteiger partial charge in [0.25, 0.3) is 0 Å². The Bertz CT molecular complexity index is 507. The molecule has 0 amide bonds. The fourth-order valence-electron chi connectivity index (χ4n) is 2.02. The van der Waals surface area contributed by atoms with E-state index in [1.54, 1.807) is 23.9 Å². The number of hydrogen-bond donors (Lipinski definition) is 2. The lowest BCUT2D eigenvalue weighted by molar-refractivity contribution is 0.475. The Kier molecular flexibility index (Phi) is 4.74. The number of anilines is 1. The molecule has 0 bridgehead atoms. The highest BCUT2D eigenvalue weighted by Crippen LogP contribution is 2.25. The molecule has 0 fully saturated rings. The first-order valence-electron chi connectivity index (χ1n) is 6.42. The SMILES string of the molecule is CCC(Nc1ccc(SC)cc1)c1ccc(O)cc1. The molecule has 0 aliphatic carbocycles. The van der Waals surface area contributed by atoms with Crippen molar-refractivity contribution >= 4 is 17.4 Å². The number of phenols is 1.